The molecular formula is C9H15N3O. The molecule has 1 aromatic heterocycles. The molecule has 2 N–H and O–H groups in total. The van der Waals surface area contributed by atoms with E-state index in [2.05, 4.69) is 4.99 Å². The lowest BCUT2D eigenvalue weighted by Crippen LogP contribution is -2.33. The van der Waals surface area contributed by atoms with Crippen molar-refractivity contribution in [3.63, 3.8) is 0 Å². The Labute approximate surface area is 78.0 Å². The summed E-state index contributed by atoms with van der Waals surface area (Å²) in [6.07, 6.45) is 0. The van der Waals surface area contributed by atoms with Crippen LogP contribution in [0.5, 0.6) is 0 Å². The van der Waals surface area contributed by atoms with E-state index in [1.54, 1.807) is 7.05 Å². The Morgan fingerprint density at radius 3 is 2.77 bits per heavy atom. The van der Waals surface area contributed by atoms with Gasteiger partial charge in [-0.05, 0) is 19.1 Å². The fourth-order valence-electron chi connectivity index (χ4n) is 1.06. The molecule has 0 aliphatic carbocycles. The minimum Gasteiger partial charge on any atom is -0.464 e. The lowest BCUT2D eigenvalue weighted by molar-refractivity contribution is 0.397. The second-order valence-corrected chi connectivity index (χ2v) is 2.95. The van der Waals surface area contributed by atoms with Crippen molar-refractivity contribution in [3.05, 3.63) is 23.7 Å². The molecule has 72 valence electrons. The first-order chi connectivity index (χ1) is 6.13. The zero-order valence-electron chi connectivity index (χ0n) is 8.24. The van der Waals surface area contributed by atoms with Gasteiger partial charge in [-0.3, -0.25) is 4.99 Å². The molecule has 0 saturated heterocycles. The van der Waals surface area contributed by atoms with Crippen molar-refractivity contribution in [3.8, 4) is 0 Å². The number of rotatable bonds is 2. The lowest BCUT2D eigenvalue weighted by atomic mass is 10.4. The summed E-state index contributed by atoms with van der Waals surface area (Å²) in [4.78, 5) is 5.70. The van der Waals surface area contributed by atoms with E-state index in [0.717, 1.165) is 11.5 Å². The Bertz CT molecular complexity index is 304. The van der Waals surface area contributed by atoms with Gasteiger partial charge < -0.3 is 15.1 Å². The van der Waals surface area contributed by atoms with Crippen LogP contribution in [0.25, 0.3) is 0 Å². The number of furan rings is 1. The smallest absolute Gasteiger partial charge is 0.191 e. The van der Waals surface area contributed by atoms with Crippen LogP contribution in [-0.2, 0) is 6.54 Å². The largest absolute Gasteiger partial charge is 0.464 e. The molecule has 0 aliphatic rings. The second-order valence-electron chi connectivity index (χ2n) is 2.95. The van der Waals surface area contributed by atoms with E-state index in [-0.39, 0.29) is 0 Å². The Balaban J connectivity index is 2.59. The highest BCUT2D eigenvalue weighted by molar-refractivity contribution is 5.77. The molecule has 0 unspecified atom stereocenters. The van der Waals surface area contributed by atoms with Gasteiger partial charge in [-0.2, -0.15) is 0 Å². The quantitative estimate of drug-likeness (QED) is 0.546. The molecular weight excluding hydrogens is 166 g/mol. The van der Waals surface area contributed by atoms with Gasteiger partial charge in [-0.1, -0.05) is 0 Å². The second kappa shape index (κ2) is 3.98. The Morgan fingerprint density at radius 2 is 2.31 bits per heavy atom. The first kappa shape index (κ1) is 9.64. The van der Waals surface area contributed by atoms with Gasteiger partial charge in [0.2, 0.25) is 0 Å². The van der Waals surface area contributed by atoms with Crippen LogP contribution in [0.3, 0.4) is 0 Å². The third-order valence-electron chi connectivity index (χ3n) is 1.81. The molecule has 0 amide bonds. The number of aliphatic imine (C=N–C) groups is 1. The SMILES string of the molecule is CN=C(N)N(C)Cc1ccc(C)o1. The van der Waals surface area contributed by atoms with Crippen molar-refractivity contribution in [1.82, 2.24) is 4.90 Å². The Hall–Kier alpha value is -1.45. The zero-order chi connectivity index (χ0) is 9.84. The molecule has 0 aliphatic heterocycles. The lowest BCUT2D eigenvalue weighted by Gasteiger charge is -2.15. The maximum atomic E-state index is 5.61. The van der Waals surface area contributed by atoms with Gasteiger partial charge in [-0.15, -0.1) is 0 Å². The van der Waals surface area contributed by atoms with E-state index in [0.29, 0.717) is 12.5 Å². The molecule has 13 heavy (non-hydrogen) atoms. The van der Waals surface area contributed by atoms with Crippen molar-refractivity contribution in [2.45, 2.75) is 13.5 Å². The minimum absolute atomic E-state index is 0.508. The van der Waals surface area contributed by atoms with Crippen LogP contribution in [0.15, 0.2) is 21.5 Å². The Kier molecular flexibility index (Phi) is 2.95. The number of nitrogens with zero attached hydrogens (tertiary/aromatic N) is 2. The van der Waals surface area contributed by atoms with E-state index in [4.69, 9.17) is 10.2 Å². The van der Waals surface area contributed by atoms with Crippen molar-refractivity contribution in [1.29, 1.82) is 0 Å². The third kappa shape index (κ3) is 2.50. The molecule has 1 rings (SSSR count). The van der Waals surface area contributed by atoms with E-state index in [9.17, 15) is 0 Å². The molecule has 1 aromatic rings. The third-order valence-corrected chi connectivity index (χ3v) is 1.81. The van der Waals surface area contributed by atoms with E-state index in [1.807, 2.05) is 31.0 Å². The summed E-state index contributed by atoms with van der Waals surface area (Å²) < 4.78 is 5.40. The van der Waals surface area contributed by atoms with Gasteiger partial charge in [0, 0.05) is 14.1 Å². The predicted octanol–water partition coefficient (Wildman–Crippen LogP) is 0.964. The van der Waals surface area contributed by atoms with Crippen molar-refractivity contribution < 1.29 is 4.42 Å². The molecule has 0 atom stereocenters. The first-order valence-electron chi connectivity index (χ1n) is 4.12. The highest BCUT2D eigenvalue weighted by Gasteiger charge is 2.04. The normalized spacial score (nSPS) is 11.8. The van der Waals surface area contributed by atoms with Crippen molar-refractivity contribution in [2.75, 3.05) is 14.1 Å². The van der Waals surface area contributed by atoms with Gasteiger partial charge in [0.25, 0.3) is 0 Å². The van der Waals surface area contributed by atoms with Crippen LogP contribution >= 0.6 is 0 Å². The van der Waals surface area contributed by atoms with Crippen LogP contribution < -0.4 is 5.73 Å². The Morgan fingerprint density at radius 1 is 1.62 bits per heavy atom. The van der Waals surface area contributed by atoms with E-state index < -0.39 is 0 Å². The number of hydrogen-bond donors (Lipinski definition) is 1. The van der Waals surface area contributed by atoms with Crippen LogP contribution in [0.1, 0.15) is 11.5 Å². The van der Waals surface area contributed by atoms with Gasteiger partial charge in [0.1, 0.15) is 11.5 Å². The highest BCUT2D eigenvalue weighted by Crippen LogP contribution is 2.07. The maximum absolute atomic E-state index is 5.61. The number of guanidine groups is 1. The summed E-state index contributed by atoms with van der Waals surface area (Å²) in [7, 11) is 3.54. The molecule has 0 saturated carbocycles. The molecule has 4 nitrogen and oxygen atoms in total. The average molecular weight is 181 g/mol. The van der Waals surface area contributed by atoms with Crippen LogP contribution in [-0.4, -0.2) is 25.0 Å². The van der Waals surface area contributed by atoms with Gasteiger partial charge in [0.15, 0.2) is 5.96 Å². The summed E-state index contributed by atoms with van der Waals surface area (Å²) in [5.41, 5.74) is 5.61. The number of aryl methyl sites for hydroxylation is 1. The fourth-order valence-corrected chi connectivity index (χ4v) is 1.06. The van der Waals surface area contributed by atoms with Gasteiger partial charge in [-0.25, -0.2) is 0 Å². The maximum Gasteiger partial charge on any atom is 0.191 e. The van der Waals surface area contributed by atoms with Crippen molar-refractivity contribution >= 4 is 5.96 Å². The summed E-state index contributed by atoms with van der Waals surface area (Å²) in [5.74, 6) is 2.32. The standard InChI is InChI=1S/C9H15N3O/c1-7-4-5-8(13-7)6-12(3)9(10)11-2/h4-5H,6H2,1-3H3,(H2,10,11). The van der Waals surface area contributed by atoms with Crippen LogP contribution in [0, 0.1) is 6.92 Å². The van der Waals surface area contributed by atoms with Crippen LogP contribution in [0.2, 0.25) is 0 Å². The molecule has 0 radical (unpaired) electrons. The molecule has 0 aromatic carbocycles. The zero-order valence-corrected chi connectivity index (χ0v) is 8.24. The average Bonchev–Trinajstić information content (AvgIpc) is 2.49. The number of nitrogens with two attached hydrogens (primary N) is 1. The number of hydrogen-bond acceptors (Lipinski definition) is 2. The summed E-state index contributed by atoms with van der Waals surface area (Å²) in [6, 6.07) is 3.87. The molecule has 0 fully saturated rings. The topological polar surface area (TPSA) is 54.8 Å². The minimum atomic E-state index is 0.508. The van der Waals surface area contributed by atoms with Crippen LogP contribution in [0.4, 0.5) is 0 Å². The highest BCUT2D eigenvalue weighted by atomic mass is 16.3. The molecule has 1 heterocycles. The molecule has 0 bridgehead atoms. The van der Waals surface area contributed by atoms with Crippen molar-refractivity contribution in [2.24, 2.45) is 10.7 Å². The first-order valence-corrected chi connectivity index (χ1v) is 4.12. The van der Waals surface area contributed by atoms with Gasteiger partial charge >= 0.3 is 0 Å². The monoisotopic (exact) mass is 181 g/mol. The fraction of sp³-hybridized carbons (Fsp3) is 0.444. The van der Waals surface area contributed by atoms with E-state index >= 15 is 0 Å². The molecule has 4 heteroatoms. The van der Waals surface area contributed by atoms with Gasteiger partial charge in [0.05, 0.1) is 6.54 Å². The summed E-state index contributed by atoms with van der Waals surface area (Å²) in [5, 5.41) is 0. The summed E-state index contributed by atoms with van der Waals surface area (Å²) in [6.45, 7) is 2.57. The predicted molar refractivity (Wildman–Crippen MR) is 52.5 cm³/mol. The van der Waals surface area contributed by atoms with E-state index in [1.165, 1.54) is 0 Å². The summed E-state index contributed by atoms with van der Waals surface area (Å²) >= 11 is 0. The molecule has 0 spiro atoms.